The van der Waals surface area contributed by atoms with Crippen molar-refractivity contribution in [3.8, 4) is 0 Å². The summed E-state index contributed by atoms with van der Waals surface area (Å²) in [6.07, 6.45) is 3.00. The van der Waals surface area contributed by atoms with Crippen molar-refractivity contribution in [3.05, 3.63) is 0 Å². The Morgan fingerprint density at radius 2 is 2.00 bits per heavy atom. The van der Waals surface area contributed by atoms with E-state index in [1.165, 1.54) is 6.42 Å². The lowest BCUT2D eigenvalue weighted by atomic mass is 10.4. The molecular weight excluding hydrogens is 103 g/mol. The predicted molar refractivity (Wildman–Crippen MR) is 37.7 cm³/mol. The van der Waals surface area contributed by atoms with Crippen LogP contribution in [0.15, 0.2) is 0 Å². The maximum atomic E-state index is 2.46. The van der Waals surface area contributed by atoms with Crippen molar-refractivity contribution in [2.45, 2.75) is 19.0 Å². The quantitative estimate of drug-likeness (QED) is 0.461. The Labute approximate surface area is 46.6 Å². The molecule has 0 nitrogen and oxygen atoms in total. The third-order valence-corrected chi connectivity index (χ3v) is 5.45. The lowest BCUT2D eigenvalue weighted by Gasteiger charge is -1.87. The molecule has 0 saturated carbocycles. The highest BCUT2D eigenvalue weighted by Crippen LogP contribution is 2.73. The average Bonchev–Trinajstić information content (AvgIpc) is 2.13. The molecule has 1 aliphatic rings. The van der Waals surface area contributed by atoms with E-state index in [0.717, 1.165) is 5.66 Å². The van der Waals surface area contributed by atoms with Gasteiger partial charge in [0.05, 0.1) is 6.16 Å². The van der Waals surface area contributed by atoms with Gasteiger partial charge >= 0.3 is 0 Å². The fourth-order valence-corrected chi connectivity index (χ4v) is 4.34. The number of hydrogen-bond acceptors (Lipinski definition) is 0. The van der Waals surface area contributed by atoms with Crippen molar-refractivity contribution in [1.82, 2.24) is 0 Å². The van der Waals surface area contributed by atoms with E-state index in [1.807, 2.05) is 0 Å². The molecule has 1 saturated heterocycles. The molecule has 1 aliphatic heterocycles. The lowest BCUT2D eigenvalue weighted by molar-refractivity contribution is 0.977. The molecule has 1 rings (SSSR count). The summed E-state index contributed by atoms with van der Waals surface area (Å²) < 4.78 is 0. The minimum absolute atomic E-state index is 0.249. The Hall–Kier alpha value is 0.430. The maximum absolute atomic E-state index is 2.46. The van der Waals surface area contributed by atoms with Gasteiger partial charge < -0.3 is 0 Å². The molecular formula is C6H14P+. The van der Waals surface area contributed by atoms with Gasteiger partial charge in [0.2, 0.25) is 0 Å². The fourth-order valence-electron chi connectivity index (χ4n) is 1.12. The first-order chi connectivity index (χ1) is 3.17. The lowest BCUT2D eigenvalue weighted by Crippen LogP contribution is -1.76. The van der Waals surface area contributed by atoms with Gasteiger partial charge in [-0.2, -0.15) is 0 Å². The number of hydrogen-bond donors (Lipinski definition) is 0. The predicted octanol–water partition coefficient (Wildman–Crippen LogP) is 2.06. The molecule has 0 aromatic rings. The molecule has 0 bridgehead atoms. The van der Waals surface area contributed by atoms with Crippen molar-refractivity contribution in [3.63, 3.8) is 0 Å². The Bertz CT molecular complexity index is 76.2. The smallest absolute Gasteiger partial charge is 0.0615 e. The highest BCUT2D eigenvalue weighted by molar-refractivity contribution is 7.82. The fraction of sp³-hybridized carbons (Fsp3) is 1.00. The van der Waals surface area contributed by atoms with Crippen LogP contribution in [0.4, 0.5) is 0 Å². The van der Waals surface area contributed by atoms with Crippen LogP contribution in [0.25, 0.3) is 0 Å². The second-order valence-electron chi connectivity index (χ2n) is 3.02. The van der Waals surface area contributed by atoms with E-state index in [-0.39, 0.29) is 7.26 Å². The summed E-state index contributed by atoms with van der Waals surface area (Å²) in [4.78, 5) is 0. The largest absolute Gasteiger partial charge is 0.102 e. The number of rotatable bonds is 1. The molecule has 1 unspecified atom stereocenters. The Morgan fingerprint density at radius 3 is 2.00 bits per heavy atom. The third kappa shape index (κ3) is 0.966. The van der Waals surface area contributed by atoms with Crippen LogP contribution in [0.3, 0.4) is 0 Å². The van der Waals surface area contributed by atoms with Crippen LogP contribution in [0.1, 0.15) is 13.3 Å². The van der Waals surface area contributed by atoms with E-state index in [4.69, 9.17) is 0 Å². The molecule has 42 valence electrons. The molecule has 1 heteroatoms. The van der Waals surface area contributed by atoms with Crippen LogP contribution in [-0.2, 0) is 0 Å². The van der Waals surface area contributed by atoms with Crippen LogP contribution in [0, 0.1) is 0 Å². The Morgan fingerprint density at radius 1 is 1.57 bits per heavy atom. The van der Waals surface area contributed by atoms with Crippen LogP contribution in [0.5, 0.6) is 0 Å². The normalized spacial score (nSPS) is 35.6. The summed E-state index contributed by atoms with van der Waals surface area (Å²) in [6.45, 7) is 7.22. The standard InChI is InChI=1S/C6H14P/c1-4-6-5-7(6,2)3/h6H,4-5H2,1-3H3/q+1. The summed E-state index contributed by atoms with van der Waals surface area (Å²) in [5, 5.41) is 0. The van der Waals surface area contributed by atoms with E-state index < -0.39 is 0 Å². The van der Waals surface area contributed by atoms with E-state index in [9.17, 15) is 0 Å². The van der Waals surface area contributed by atoms with Gasteiger partial charge in [-0.15, -0.1) is 0 Å². The third-order valence-electron chi connectivity index (χ3n) is 2.01. The minimum Gasteiger partial charge on any atom is -0.0615 e. The Balaban J connectivity index is 2.30. The van der Waals surface area contributed by atoms with Crippen LogP contribution in [0.2, 0.25) is 0 Å². The molecule has 1 heterocycles. The molecule has 0 amide bonds. The van der Waals surface area contributed by atoms with Crippen LogP contribution < -0.4 is 0 Å². The zero-order chi connectivity index (χ0) is 5.49. The monoisotopic (exact) mass is 117 g/mol. The molecule has 0 aliphatic carbocycles. The molecule has 1 fully saturated rings. The highest BCUT2D eigenvalue weighted by atomic mass is 31.2. The van der Waals surface area contributed by atoms with Gasteiger partial charge in [-0.3, -0.25) is 0 Å². The minimum atomic E-state index is -0.249. The topological polar surface area (TPSA) is 0 Å². The van der Waals surface area contributed by atoms with Crippen molar-refractivity contribution >= 4 is 7.26 Å². The average molecular weight is 117 g/mol. The van der Waals surface area contributed by atoms with Gasteiger partial charge in [0, 0.05) is 20.6 Å². The van der Waals surface area contributed by atoms with Crippen molar-refractivity contribution in [2.75, 3.05) is 19.5 Å². The van der Waals surface area contributed by atoms with Gasteiger partial charge in [-0.05, 0) is 6.42 Å². The zero-order valence-corrected chi connectivity index (χ0v) is 6.33. The van der Waals surface area contributed by atoms with Crippen molar-refractivity contribution < 1.29 is 0 Å². The first kappa shape index (κ1) is 5.56. The Kier molecular flexibility index (Phi) is 1.15. The van der Waals surface area contributed by atoms with Gasteiger partial charge in [0.1, 0.15) is 5.66 Å². The molecule has 0 spiro atoms. The summed E-state index contributed by atoms with van der Waals surface area (Å²) in [5.74, 6) is 0. The summed E-state index contributed by atoms with van der Waals surface area (Å²) in [6, 6.07) is 0. The second kappa shape index (κ2) is 1.45. The van der Waals surface area contributed by atoms with Gasteiger partial charge in [-0.1, -0.05) is 6.92 Å². The van der Waals surface area contributed by atoms with E-state index in [1.54, 1.807) is 6.16 Å². The molecule has 0 aromatic heterocycles. The SMILES string of the molecule is CCC1C[P+]1(C)C. The first-order valence-corrected chi connectivity index (χ1v) is 5.93. The van der Waals surface area contributed by atoms with E-state index in [2.05, 4.69) is 20.3 Å². The van der Waals surface area contributed by atoms with Gasteiger partial charge in [0.15, 0.2) is 0 Å². The molecule has 0 N–H and O–H groups in total. The molecule has 1 atom stereocenters. The zero-order valence-electron chi connectivity index (χ0n) is 5.44. The van der Waals surface area contributed by atoms with E-state index in [0.29, 0.717) is 0 Å². The second-order valence-corrected chi connectivity index (χ2v) is 7.68. The van der Waals surface area contributed by atoms with Crippen LogP contribution >= 0.6 is 7.26 Å². The van der Waals surface area contributed by atoms with Crippen LogP contribution in [-0.4, -0.2) is 25.2 Å². The van der Waals surface area contributed by atoms with Crippen molar-refractivity contribution in [2.24, 2.45) is 0 Å². The van der Waals surface area contributed by atoms with E-state index >= 15 is 0 Å². The summed E-state index contributed by atoms with van der Waals surface area (Å²) in [7, 11) is -0.249. The molecule has 0 radical (unpaired) electrons. The first-order valence-electron chi connectivity index (χ1n) is 2.99. The van der Waals surface area contributed by atoms with Gasteiger partial charge in [0.25, 0.3) is 0 Å². The molecule has 0 aromatic carbocycles. The summed E-state index contributed by atoms with van der Waals surface area (Å²) in [5.41, 5.74) is 1.16. The summed E-state index contributed by atoms with van der Waals surface area (Å²) >= 11 is 0. The maximum Gasteiger partial charge on any atom is 0.102 e. The highest BCUT2D eigenvalue weighted by Gasteiger charge is 2.53. The molecule has 7 heavy (non-hydrogen) atoms. The van der Waals surface area contributed by atoms with Gasteiger partial charge in [-0.25, -0.2) is 0 Å². The van der Waals surface area contributed by atoms with Crippen molar-refractivity contribution in [1.29, 1.82) is 0 Å².